The largest absolute Gasteiger partial charge is 0.481 e. The quantitative estimate of drug-likeness (QED) is 0.346. The number of carboxylic acid groups (broad SMARTS) is 1. The van der Waals surface area contributed by atoms with Crippen LogP contribution in [-0.2, 0) is 32.7 Å². The van der Waals surface area contributed by atoms with Crippen LogP contribution in [0, 0.1) is 0 Å². The number of nitrogens with one attached hydrogen (secondary N) is 1. The molecule has 2 heterocycles. The normalized spacial score (nSPS) is 19.7. The number of aliphatic hydroxyl groups is 1. The Morgan fingerprint density at radius 1 is 1.14 bits per heavy atom. The fourth-order valence-corrected chi connectivity index (χ4v) is 4.61. The van der Waals surface area contributed by atoms with Crippen molar-refractivity contribution in [2.24, 2.45) is 7.05 Å². The summed E-state index contributed by atoms with van der Waals surface area (Å²) in [6.07, 6.45) is -0.871. The van der Waals surface area contributed by atoms with Crippen molar-refractivity contribution >= 4 is 29.3 Å². The molecule has 4 rings (SSSR count). The number of carbonyl (C=O) groups excluding carboxylic acids is 1. The Labute approximate surface area is 211 Å². The van der Waals surface area contributed by atoms with Crippen molar-refractivity contribution in [3.63, 3.8) is 0 Å². The highest BCUT2D eigenvalue weighted by Crippen LogP contribution is 2.39. The lowest BCUT2D eigenvalue weighted by atomic mass is 10.0. The van der Waals surface area contributed by atoms with Gasteiger partial charge < -0.3 is 25.0 Å². The van der Waals surface area contributed by atoms with Crippen LogP contribution >= 0.6 is 11.8 Å². The number of anilines is 1. The predicted molar refractivity (Wildman–Crippen MR) is 130 cm³/mol. The molecule has 0 bridgehead atoms. The molecule has 11 nitrogen and oxygen atoms in total. The van der Waals surface area contributed by atoms with Crippen LogP contribution in [-0.4, -0.2) is 54.2 Å². The molecule has 3 atom stereocenters. The predicted octanol–water partition coefficient (Wildman–Crippen LogP) is 2.84. The van der Waals surface area contributed by atoms with E-state index in [1.54, 1.807) is 29.9 Å². The molecule has 0 spiro atoms. The first-order chi connectivity index (χ1) is 17.4. The number of tetrazole rings is 1. The average Bonchev–Trinajstić information content (AvgIpc) is 3.30. The van der Waals surface area contributed by atoms with Gasteiger partial charge in [0.2, 0.25) is 11.1 Å². The molecular weight excluding hydrogens is 486 g/mol. The fraction of sp³-hybridized carbons (Fsp3) is 0.375. The van der Waals surface area contributed by atoms with E-state index in [4.69, 9.17) is 14.6 Å². The van der Waals surface area contributed by atoms with Crippen LogP contribution in [0.1, 0.15) is 48.3 Å². The Balaban J connectivity index is 1.51. The number of aryl methyl sites for hydroxylation is 1. The number of aliphatic carboxylic acids is 1. The monoisotopic (exact) mass is 513 g/mol. The molecule has 12 heteroatoms. The summed E-state index contributed by atoms with van der Waals surface area (Å²) in [5.74, 6) is -0.805. The SMILES string of the molecule is Cn1nnnc1SCC1CC(c2ccc(CO)cc2)OC(c2cccc(NC(=O)CCC(=O)O)c2)O1. The second-order valence-corrected chi connectivity index (χ2v) is 9.30. The summed E-state index contributed by atoms with van der Waals surface area (Å²) in [5.41, 5.74) is 3.03. The molecular formula is C24H27N5O6S. The number of carboxylic acids is 1. The van der Waals surface area contributed by atoms with E-state index in [1.165, 1.54) is 11.8 Å². The zero-order valence-electron chi connectivity index (χ0n) is 19.6. The standard InChI is InChI=1S/C24H27N5O6S/c1-29-24(26-27-28-29)36-14-19-12-20(16-7-5-15(13-30)6-8-16)35-23(34-19)17-3-2-4-18(11-17)25-21(31)9-10-22(32)33/h2-8,11,19-20,23,30H,9-10,12-14H2,1H3,(H,25,31)(H,32,33). The molecule has 1 fully saturated rings. The summed E-state index contributed by atoms with van der Waals surface area (Å²) in [6.45, 7) is -0.0342. The maximum atomic E-state index is 12.1. The second-order valence-electron chi connectivity index (χ2n) is 8.31. The maximum Gasteiger partial charge on any atom is 0.303 e. The summed E-state index contributed by atoms with van der Waals surface area (Å²) in [5, 5.41) is 33.1. The number of aromatic nitrogens is 4. The minimum absolute atomic E-state index is 0.0342. The van der Waals surface area contributed by atoms with E-state index in [-0.39, 0.29) is 37.6 Å². The van der Waals surface area contributed by atoms with Gasteiger partial charge in [-0.25, -0.2) is 4.68 Å². The van der Waals surface area contributed by atoms with Crippen molar-refractivity contribution in [3.05, 3.63) is 65.2 Å². The Morgan fingerprint density at radius 2 is 1.94 bits per heavy atom. The molecule has 1 saturated heterocycles. The number of amides is 1. The van der Waals surface area contributed by atoms with Gasteiger partial charge in [-0.15, -0.1) is 5.10 Å². The number of nitrogens with zero attached hydrogens (tertiary/aromatic N) is 4. The maximum absolute atomic E-state index is 12.1. The van der Waals surface area contributed by atoms with E-state index in [9.17, 15) is 14.7 Å². The Morgan fingerprint density at radius 3 is 2.64 bits per heavy atom. The summed E-state index contributed by atoms with van der Waals surface area (Å²) in [4.78, 5) is 22.8. The van der Waals surface area contributed by atoms with E-state index in [1.807, 2.05) is 30.3 Å². The van der Waals surface area contributed by atoms with Crippen LogP contribution in [0.5, 0.6) is 0 Å². The molecule has 3 unspecified atom stereocenters. The first-order valence-electron chi connectivity index (χ1n) is 11.4. The van der Waals surface area contributed by atoms with Gasteiger partial charge in [0.25, 0.3) is 0 Å². The third-order valence-corrected chi connectivity index (χ3v) is 6.75. The van der Waals surface area contributed by atoms with Crippen LogP contribution in [0.15, 0.2) is 53.7 Å². The molecule has 0 radical (unpaired) electrons. The van der Waals surface area contributed by atoms with Crippen molar-refractivity contribution in [1.29, 1.82) is 0 Å². The molecule has 1 aromatic heterocycles. The number of ether oxygens (including phenoxy) is 2. The van der Waals surface area contributed by atoms with Gasteiger partial charge in [-0.05, 0) is 33.7 Å². The third-order valence-electron chi connectivity index (χ3n) is 5.60. The molecule has 1 aliphatic rings. The zero-order valence-corrected chi connectivity index (χ0v) is 20.4. The van der Waals surface area contributed by atoms with Crippen molar-refractivity contribution in [2.75, 3.05) is 11.1 Å². The Kier molecular flexibility index (Phi) is 8.65. The minimum Gasteiger partial charge on any atom is -0.481 e. The zero-order chi connectivity index (χ0) is 25.5. The summed E-state index contributed by atoms with van der Waals surface area (Å²) in [6, 6.07) is 14.7. The van der Waals surface area contributed by atoms with Crippen LogP contribution in [0.4, 0.5) is 5.69 Å². The van der Waals surface area contributed by atoms with E-state index >= 15 is 0 Å². The van der Waals surface area contributed by atoms with Crippen LogP contribution < -0.4 is 5.32 Å². The Hall–Kier alpha value is -3.32. The molecule has 1 amide bonds. The Bertz CT molecular complexity index is 1190. The first kappa shape index (κ1) is 25.8. The number of hydrogen-bond donors (Lipinski definition) is 3. The van der Waals surface area contributed by atoms with Gasteiger partial charge in [-0.3, -0.25) is 9.59 Å². The highest BCUT2D eigenvalue weighted by Gasteiger charge is 2.32. The topological polar surface area (TPSA) is 149 Å². The summed E-state index contributed by atoms with van der Waals surface area (Å²) >= 11 is 1.49. The molecule has 3 N–H and O–H groups in total. The van der Waals surface area contributed by atoms with Crippen molar-refractivity contribution in [2.45, 2.75) is 49.5 Å². The molecule has 36 heavy (non-hydrogen) atoms. The minimum atomic E-state index is -1.03. The lowest BCUT2D eigenvalue weighted by Gasteiger charge is -2.36. The fourth-order valence-electron chi connectivity index (χ4n) is 3.74. The summed E-state index contributed by atoms with van der Waals surface area (Å²) in [7, 11) is 1.78. The number of thioether (sulfide) groups is 1. The highest BCUT2D eigenvalue weighted by atomic mass is 32.2. The number of rotatable bonds is 10. The molecule has 0 aliphatic carbocycles. The van der Waals surface area contributed by atoms with Crippen molar-refractivity contribution < 1.29 is 29.3 Å². The first-order valence-corrected chi connectivity index (χ1v) is 12.4. The van der Waals surface area contributed by atoms with Gasteiger partial charge >= 0.3 is 5.97 Å². The lowest BCUT2D eigenvalue weighted by molar-refractivity contribution is -0.245. The van der Waals surface area contributed by atoms with Crippen LogP contribution in [0.2, 0.25) is 0 Å². The van der Waals surface area contributed by atoms with E-state index < -0.39 is 12.3 Å². The summed E-state index contributed by atoms with van der Waals surface area (Å²) < 4.78 is 14.2. The highest BCUT2D eigenvalue weighted by molar-refractivity contribution is 7.99. The third kappa shape index (κ3) is 6.88. The van der Waals surface area contributed by atoms with Gasteiger partial charge in [0.05, 0.1) is 25.2 Å². The number of hydrogen-bond acceptors (Lipinski definition) is 9. The van der Waals surface area contributed by atoms with Crippen molar-refractivity contribution in [3.8, 4) is 0 Å². The van der Waals surface area contributed by atoms with Gasteiger partial charge in [-0.2, -0.15) is 0 Å². The van der Waals surface area contributed by atoms with E-state index in [2.05, 4.69) is 20.8 Å². The second kappa shape index (κ2) is 12.1. The number of aliphatic hydroxyl groups excluding tert-OH is 1. The van der Waals surface area contributed by atoms with E-state index in [0.29, 0.717) is 23.0 Å². The lowest BCUT2D eigenvalue weighted by Crippen LogP contribution is -2.31. The number of carbonyl (C=O) groups is 2. The number of benzene rings is 2. The smallest absolute Gasteiger partial charge is 0.303 e. The molecule has 190 valence electrons. The molecule has 3 aromatic rings. The van der Waals surface area contributed by atoms with Crippen LogP contribution in [0.3, 0.4) is 0 Å². The van der Waals surface area contributed by atoms with Gasteiger partial charge in [0.15, 0.2) is 6.29 Å². The van der Waals surface area contributed by atoms with Crippen molar-refractivity contribution in [1.82, 2.24) is 20.2 Å². The van der Waals surface area contributed by atoms with E-state index in [0.717, 1.165) is 16.7 Å². The van der Waals surface area contributed by atoms with Gasteiger partial charge in [0.1, 0.15) is 0 Å². The van der Waals surface area contributed by atoms with Crippen LogP contribution in [0.25, 0.3) is 0 Å². The average molecular weight is 514 g/mol. The molecule has 1 aliphatic heterocycles. The van der Waals surface area contributed by atoms with Gasteiger partial charge in [-0.1, -0.05) is 48.2 Å². The molecule has 2 aromatic carbocycles. The molecule has 0 saturated carbocycles. The van der Waals surface area contributed by atoms with Gasteiger partial charge in [0, 0.05) is 36.9 Å².